The average molecular weight is 1340 g/mol. The Labute approximate surface area is 509 Å². The number of hydrogen-bond donors (Lipinski definition) is 0. The Balaban J connectivity index is -0.000000198. The number of carboxylic acids is 4. The van der Waals surface area contributed by atoms with Crippen molar-refractivity contribution in [2.75, 3.05) is 0 Å². The molecule has 0 saturated carbocycles. The van der Waals surface area contributed by atoms with Crippen molar-refractivity contribution in [1.82, 2.24) is 39.9 Å². The van der Waals surface area contributed by atoms with Gasteiger partial charge in [0.15, 0.2) is 0 Å². The van der Waals surface area contributed by atoms with Crippen LogP contribution in [0, 0.1) is 129 Å². The van der Waals surface area contributed by atoms with E-state index in [0.717, 1.165) is 44.5 Å². The molecule has 0 saturated heterocycles. The van der Waals surface area contributed by atoms with Crippen molar-refractivity contribution >= 4 is 23.9 Å². The Morgan fingerprint density at radius 1 is 0.276 bits per heavy atom. The second-order valence-corrected chi connectivity index (χ2v) is 12.4. The predicted octanol–water partition coefficient (Wildman–Crippen LogP) is -3.98. The van der Waals surface area contributed by atoms with Gasteiger partial charge in [0, 0.05) is 71.8 Å². The Kier molecular flexibility index (Phi) is 46.0. The van der Waals surface area contributed by atoms with Gasteiger partial charge in [-0.3, -0.25) is 0 Å². The van der Waals surface area contributed by atoms with Gasteiger partial charge in [0.1, 0.15) is 25.3 Å². The molecule has 4 aromatic heterocycles. The maximum absolute atomic E-state index is 10.5. The number of nitrogens with zero attached hydrogens (tertiary/aromatic N) is 10. The number of hydrogen-bond acceptors (Lipinski definition) is 22. The molecule has 0 atom stereocenters. The Bertz CT molecular complexity index is 2470. The van der Waals surface area contributed by atoms with Crippen LogP contribution in [-0.2, 0) is 32.9 Å². The van der Waals surface area contributed by atoms with Crippen molar-refractivity contribution in [2.45, 2.75) is 0 Å². The third-order valence-corrected chi connectivity index (χ3v) is 8.06. The van der Waals surface area contributed by atoms with Crippen LogP contribution in [0.5, 0.6) is 0 Å². The molecule has 0 radical (unpaired) electrons. The quantitative estimate of drug-likeness (QED) is 0.0795. The maximum Gasteiger partial charge on any atom is 3.00 e. The second-order valence-electron chi connectivity index (χ2n) is 12.4. The van der Waals surface area contributed by atoms with E-state index in [1.165, 1.54) is 73.8 Å². The number of rotatable bonds is 8. The normalized spacial score (nSPS) is 8.42. The zero-order chi connectivity index (χ0) is 49.8. The van der Waals surface area contributed by atoms with Crippen molar-refractivity contribution in [2.24, 2.45) is 0 Å². The fourth-order valence-electron chi connectivity index (χ4n) is 4.99. The number of aromatic carboxylic acids is 4. The molecular weight excluding hydrogens is 1290 g/mol. The number of carbonyl (C=O) groups is 4. The predicted molar refractivity (Wildman–Crippen MR) is 257 cm³/mol. The van der Waals surface area contributed by atoms with E-state index in [-0.39, 0.29) is 154 Å². The molecule has 0 spiro atoms. The summed E-state index contributed by atoms with van der Waals surface area (Å²) in [4.78, 5) is 89.6. The number of benzene rings is 4. The van der Waals surface area contributed by atoms with Gasteiger partial charge in [0.25, 0.3) is 0 Å². The topological polar surface area (TPSA) is 594 Å². The maximum atomic E-state index is 10.5. The Hall–Kier alpha value is -7.59. The van der Waals surface area contributed by atoms with Crippen molar-refractivity contribution in [3.05, 3.63) is 225 Å². The first kappa shape index (κ1) is 79.8. The van der Waals surface area contributed by atoms with Gasteiger partial charge >= 0.3 is 98.8 Å². The molecule has 0 aliphatic rings. The molecule has 4 heterocycles. The summed E-state index contributed by atoms with van der Waals surface area (Å²) in [7, 11) is 0. The van der Waals surface area contributed by atoms with E-state index in [9.17, 15) is 39.6 Å². The summed E-state index contributed by atoms with van der Waals surface area (Å²) >= 11 is 0. The summed E-state index contributed by atoms with van der Waals surface area (Å²) in [6.07, 6.45) is 19.1. The molecule has 0 aliphatic heterocycles. The number of aromatic nitrogens is 8. The van der Waals surface area contributed by atoms with E-state index in [1.807, 2.05) is 0 Å². The zero-order valence-corrected chi connectivity index (χ0v) is 43.4. The molecule has 0 unspecified atom stereocenters. The standard InChI is InChI=1S/4C11H8N2O2.2Eu.2NO3.6H2O/c4*14-11(15)9-3-1-8(2-4-9)10-5-12-7-13-6-10;;;2*2-1(3)4;;;;;;/h4*1-7H,(H,14,15);;;;;6*1H2/q;;;;2*+3;2*-1;;;;;;/p+2. The third-order valence-electron chi connectivity index (χ3n) is 8.06. The molecule has 0 fully saturated rings. The van der Waals surface area contributed by atoms with E-state index in [2.05, 4.69) is 39.9 Å². The second kappa shape index (κ2) is 43.8. The summed E-state index contributed by atoms with van der Waals surface area (Å²) in [5.74, 6) is -4.70. The van der Waals surface area contributed by atoms with Gasteiger partial charge in [-0.1, -0.05) is 97.1 Å². The molecule has 8 rings (SSSR count). The first-order chi connectivity index (χ1) is 32.5. The Morgan fingerprint density at radius 2 is 0.395 bits per heavy atom. The fraction of sp³-hybridized carbons (Fsp3) is 0. The molecule has 400 valence electrons. The smallest absolute Gasteiger partial charge is 0.545 e. The van der Waals surface area contributed by atoms with Crippen LogP contribution in [0.2, 0.25) is 0 Å². The van der Waals surface area contributed by atoms with Crippen LogP contribution in [0.1, 0.15) is 41.4 Å². The van der Waals surface area contributed by atoms with Gasteiger partial charge in [-0.25, -0.2) is 39.9 Å². The van der Waals surface area contributed by atoms with Crippen LogP contribution >= 0.6 is 0 Å². The van der Waals surface area contributed by atoms with Gasteiger partial charge in [-0.15, -0.1) is 0 Å². The van der Waals surface area contributed by atoms with Gasteiger partial charge in [-0.2, -0.15) is 0 Å². The first-order valence-electron chi connectivity index (χ1n) is 18.5. The molecule has 8 aromatic rings. The van der Waals surface area contributed by atoms with Crippen LogP contribution in [0.4, 0.5) is 0 Å². The van der Waals surface area contributed by atoms with Crippen molar-refractivity contribution < 1.29 is 181 Å². The van der Waals surface area contributed by atoms with E-state index in [4.69, 9.17) is 30.6 Å². The minimum absolute atomic E-state index is 0. The molecule has 18 N–H and O–H groups in total. The largest absolute Gasteiger partial charge is 3.00 e. The van der Waals surface area contributed by atoms with Crippen LogP contribution < -0.4 is 20.4 Å². The fourth-order valence-corrected chi connectivity index (χ4v) is 4.99. The van der Waals surface area contributed by atoms with E-state index >= 15 is 0 Å². The summed E-state index contributed by atoms with van der Waals surface area (Å²) in [6, 6.07) is 25.6. The van der Waals surface area contributed by atoms with Crippen LogP contribution in [0.3, 0.4) is 0 Å². The van der Waals surface area contributed by atoms with Crippen molar-refractivity contribution in [3.8, 4) is 44.5 Å². The van der Waals surface area contributed by atoms with Crippen molar-refractivity contribution in [1.29, 1.82) is 0 Å². The Morgan fingerprint density at radius 3 is 0.500 bits per heavy atom. The van der Waals surface area contributed by atoms with Crippen LogP contribution in [-0.4, -0.2) is 73.9 Å². The van der Waals surface area contributed by atoms with Gasteiger partial charge < -0.3 is 103 Å². The minimum atomic E-state index is -1.75. The zero-order valence-electron chi connectivity index (χ0n) is 38.6. The number of carbonyl (C=O) groups excluding carboxylic acids is 4. The molecule has 32 heteroatoms. The van der Waals surface area contributed by atoms with Gasteiger partial charge in [0.05, 0.1) is 34.1 Å². The summed E-state index contributed by atoms with van der Waals surface area (Å²) in [6.45, 7) is 0. The van der Waals surface area contributed by atoms with E-state index in [1.54, 1.807) is 98.1 Å². The van der Waals surface area contributed by atoms with Gasteiger partial charge in [-0.05, 0) is 44.5 Å². The SMILES string of the molecule is O=C([O-])c1ccc(-c2cncnc2)cc1.O=C([O-])c1ccc(-c2cncnc2)cc1.O=C([O-])c1ccc(-c2cncnc2)cc1.O=C([O-])c1ccc(-c2cncnc2)cc1.O=[N+]([O-])[O-].O=[N+]([O-])[O-].[Eu+3].[Eu+3].[OH3+].[OH3+].[OH3+].[OH3+].[OH3+].[OH3+]. The number of carboxylic acid groups (broad SMARTS) is 4. The molecule has 0 bridgehead atoms. The molecule has 76 heavy (non-hydrogen) atoms. The minimum Gasteiger partial charge on any atom is -0.545 e. The molecule has 30 nitrogen and oxygen atoms in total. The summed E-state index contributed by atoms with van der Waals surface area (Å²) in [5.41, 5.74) is 7.55. The van der Waals surface area contributed by atoms with Crippen molar-refractivity contribution in [3.63, 3.8) is 0 Å². The summed E-state index contributed by atoms with van der Waals surface area (Å²) in [5, 5.41) is 71.6. The third kappa shape index (κ3) is 30.6. The average Bonchev–Trinajstić information content (AvgIpc) is 3.35. The van der Waals surface area contributed by atoms with E-state index in [0.29, 0.717) is 0 Å². The molecule has 0 amide bonds. The molecule has 0 aliphatic carbocycles. The first-order valence-corrected chi connectivity index (χ1v) is 18.5. The van der Waals surface area contributed by atoms with E-state index < -0.39 is 34.1 Å². The van der Waals surface area contributed by atoms with Crippen LogP contribution in [0.15, 0.2) is 172 Å². The van der Waals surface area contributed by atoms with Gasteiger partial charge in [0.2, 0.25) is 0 Å². The summed E-state index contributed by atoms with van der Waals surface area (Å²) < 4.78 is 0. The monoisotopic (exact) mass is 1340 g/mol. The molecule has 4 aromatic carbocycles. The van der Waals surface area contributed by atoms with Crippen LogP contribution in [0.25, 0.3) is 44.5 Å². The molecular formula is C44H46Eu2N10O20+6.